The lowest BCUT2D eigenvalue weighted by Gasteiger charge is -2.22. The van der Waals surface area contributed by atoms with Crippen LogP contribution in [0.15, 0.2) is 36.0 Å². The molecule has 2 aliphatic rings. The zero-order chi connectivity index (χ0) is 16.4. The molecule has 2 aliphatic heterocycles. The monoisotopic (exact) mass is 304 g/mol. The van der Waals surface area contributed by atoms with Gasteiger partial charge in [-0.2, -0.15) is 0 Å². The van der Waals surface area contributed by atoms with Gasteiger partial charge in [-0.05, 0) is 63.9 Å². The van der Waals surface area contributed by atoms with E-state index < -0.39 is 5.60 Å². The van der Waals surface area contributed by atoms with Crippen molar-refractivity contribution in [3.8, 4) is 0 Å². The van der Waals surface area contributed by atoms with Crippen LogP contribution in [-0.2, 0) is 4.74 Å². The first kappa shape index (κ1) is 17.5. The molecule has 0 saturated carbocycles. The van der Waals surface area contributed by atoms with E-state index in [-0.39, 0.29) is 11.7 Å². The van der Waals surface area contributed by atoms with E-state index in [0.29, 0.717) is 18.3 Å². The maximum absolute atomic E-state index is 10.5. The molecule has 0 aliphatic carbocycles. The molecule has 1 fully saturated rings. The Morgan fingerprint density at radius 2 is 2.00 bits per heavy atom. The first-order valence-corrected chi connectivity index (χ1v) is 8.65. The first-order valence-electron chi connectivity index (χ1n) is 8.65. The zero-order valence-corrected chi connectivity index (χ0v) is 14.8. The van der Waals surface area contributed by atoms with Crippen molar-refractivity contribution in [2.24, 2.45) is 11.8 Å². The molecule has 124 valence electrons. The van der Waals surface area contributed by atoms with Gasteiger partial charge in [0.25, 0.3) is 0 Å². The van der Waals surface area contributed by atoms with Crippen molar-refractivity contribution >= 4 is 0 Å². The third kappa shape index (κ3) is 4.57. The van der Waals surface area contributed by atoms with Crippen LogP contribution < -0.4 is 0 Å². The van der Waals surface area contributed by atoms with E-state index in [4.69, 9.17) is 4.74 Å². The molecule has 1 saturated heterocycles. The average molecular weight is 304 g/mol. The third-order valence-corrected chi connectivity index (χ3v) is 5.09. The van der Waals surface area contributed by atoms with Gasteiger partial charge in [-0.1, -0.05) is 44.2 Å². The number of ether oxygens (including phenoxy) is 1. The molecule has 1 N–H and O–H groups in total. The lowest BCUT2D eigenvalue weighted by Crippen LogP contribution is -2.24. The highest BCUT2D eigenvalue weighted by atomic mass is 16.5. The molecule has 0 aromatic rings. The van der Waals surface area contributed by atoms with E-state index >= 15 is 0 Å². The van der Waals surface area contributed by atoms with Crippen LogP contribution in [0.25, 0.3) is 0 Å². The van der Waals surface area contributed by atoms with Gasteiger partial charge in [0.2, 0.25) is 0 Å². The summed E-state index contributed by atoms with van der Waals surface area (Å²) in [6.45, 7) is 10.7. The van der Waals surface area contributed by atoms with E-state index in [9.17, 15) is 5.11 Å². The van der Waals surface area contributed by atoms with Gasteiger partial charge in [-0.25, -0.2) is 0 Å². The molecule has 0 aromatic carbocycles. The van der Waals surface area contributed by atoms with Gasteiger partial charge in [0.1, 0.15) is 0 Å². The highest BCUT2D eigenvalue weighted by Gasteiger charge is 2.34. The fraction of sp³-hybridized carbons (Fsp3) is 0.700. The molecule has 2 bridgehead atoms. The smallest absolute Gasteiger partial charge is 0.0843 e. The summed E-state index contributed by atoms with van der Waals surface area (Å²) in [4.78, 5) is 0. The van der Waals surface area contributed by atoms with Crippen LogP contribution in [0.4, 0.5) is 0 Å². The Kier molecular flexibility index (Phi) is 5.34. The van der Waals surface area contributed by atoms with Gasteiger partial charge in [0.15, 0.2) is 0 Å². The molecule has 22 heavy (non-hydrogen) atoms. The minimum atomic E-state index is -0.787. The van der Waals surface area contributed by atoms with E-state index in [2.05, 4.69) is 52.0 Å². The normalized spacial score (nSPS) is 45.3. The number of rotatable bonds is 1. The second-order valence-electron chi connectivity index (χ2n) is 7.87. The molecule has 2 heteroatoms. The predicted molar refractivity (Wildman–Crippen MR) is 92.7 cm³/mol. The summed E-state index contributed by atoms with van der Waals surface area (Å²) in [5.41, 5.74) is 0.373. The fourth-order valence-corrected chi connectivity index (χ4v) is 3.28. The van der Waals surface area contributed by atoms with Crippen LogP contribution in [0.5, 0.6) is 0 Å². The molecule has 0 aromatic heterocycles. The molecule has 0 radical (unpaired) electrons. The fourth-order valence-electron chi connectivity index (χ4n) is 3.28. The number of hydrogen-bond donors (Lipinski definition) is 1. The molecule has 2 rings (SSSR count). The summed E-state index contributed by atoms with van der Waals surface area (Å²) < 4.78 is 6.28. The topological polar surface area (TPSA) is 29.5 Å². The van der Waals surface area contributed by atoms with Crippen LogP contribution in [0.1, 0.15) is 60.3 Å². The number of aliphatic hydroxyl groups is 1. The van der Waals surface area contributed by atoms with Crippen molar-refractivity contribution in [3.05, 3.63) is 36.0 Å². The molecule has 0 unspecified atom stereocenters. The summed E-state index contributed by atoms with van der Waals surface area (Å²) in [7, 11) is 0. The minimum Gasteiger partial charge on any atom is -0.386 e. The summed E-state index contributed by atoms with van der Waals surface area (Å²) in [5.74, 6) is 1.02. The Bertz CT molecular complexity index is 470. The molecule has 0 amide bonds. The second-order valence-corrected chi connectivity index (χ2v) is 7.87. The number of hydrogen-bond acceptors (Lipinski definition) is 2. The van der Waals surface area contributed by atoms with Gasteiger partial charge in [-0.15, -0.1) is 0 Å². The van der Waals surface area contributed by atoms with Crippen molar-refractivity contribution in [2.45, 2.75) is 77.6 Å². The second kappa shape index (κ2) is 6.72. The summed E-state index contributed by atoms with van der Waals surface area (Å²) in [5, 5.41) is 10.5. The minimum absolute atomic E-state index is 0.189. The molecular weight excluding hydrogens is 272 g/mol. The molecule has 0 spiro atoms. The van der Waals surface area contributed by atoms with Crippen LogP contribution in [0.3, 0.4) is 0 Å². The number of fused-ring (bicyclic) bond motifs is 2. The van der Waals surface area contributed by atoms with Gasteiger partial charge < -0.3 is 9.84 Å². The summed E-state index contributed by atoms with van der Waals surface area (Å²) in [6.07, 6.45) is 14.7. The van der Waals surface area contributed by atoms with Gasteiger partial charge in [-0.3, -0.25) is 0 Å². The standard InChI is InChI=1S/C20H32O2/c1-15(2)17-8-7-16(3)18-10-14-20(5,22-18)12-6-11-19(4,21)13-9-17/h6-7,9,12-13,15,17-18,21H,8,10-11,14H2,1-5H3/b12-6+,13-9+,16-7+/t17-,18+,19-,20+/m1/s1. The van der Waals surface area contributed by atoms with E-state index in [0.717, 1.165) is 19.3 Å². The lowest BCUT2D eigenvalue weighted by molar-refractivity contribution is 0.0213. The van der Waals surface area contributed by atoms with Gasteiger partial charge in [0.05, 0.1) is 17.3 Å². The largest absolute Gasteiger partial charge is 0.386 e. The Labute approximate surface area is 136 Å². The quantitative estimate of drug-likeness (QED) is 0.705. The SMILES string of the molecule is C/C1=C\C[C@@H](C(C)C)/C=C/[C@](C)(O)C/C=C/[C@@]2(C)CC[C@@H]1O2. The summed E-state index contributed by atoms with van der Waals surface area (Å²) >= 11 is 0. The van der Waals surface area contributed by atoms with Crippen molar-refractivity contribution in [3.63, 3.8) is 0 Å². The Balaban J connectivity index is 2.28. The van der Waals surface area contributed by atoms with Crippen LogP contribution in [0, 0.1) is 11.8 Å². The Morgan fingerprint density at radius 1 is 1.27 bits per heavy atom. The van der Waals surface area contributed by atoms with E-state index in [1.54, 1.807) is 0 Å². The molecule has 2 heterocycles. The molecule has 4 atom stereocenters. The molecular formula is C20H32O2. The molecule has 2 nitrogen and oxygen atoms in total. The van der Waals surface area contributed by atoms with Crippen LogP contribution in [0.2, 0.25) is 0 Å². The average Bonchev–Trinajstić information content (AvgIpc) is 2.79. The number of allylic oxidation sites excluding steroid dienone is 2. The highest BCUT2D eigenvalue weighted by Crippen LogP contribution is 2.35. The van der Waals surface area contributed by atoms with Crippen molar-refractivity contribution < 1.29 is 9.84 Å². The van der Waals surface area contributed by atoms with E-state index in [1.165, 1.54) is 5.57 Å². The zero-order valence-electron chi connectivity index (χ0n) is 14.8. The maximum atomic E-state index is 10.5. The lowest BCUT2D eigenvalue weighted by atomic mass is 9.88. The van der Waals surface area contributed by atoms with Crippen LogP contribution >= 0.6 is 0 Å². The predicted octanol–water partition coefficient (Wildman–Crippen LogP) is 4.80. The van der Waals surface area contributed by atoms with Gasteiger partial charge >= 0.3 is 0 Å². The Hall–Kier alpha value is -0.860. The summed E-state index contributed by atoms with van der Waals surface area (Å²) in [6, 6.07) is 0. The Morgan fingerprint density at radius 3 is 2.68 bits per heavy atom. The maximum Gasteiger partial charge on any atom is 0.0843 e. The highest BCUT2D eigenvalue weighted by molar-refractivity contribution is 5.16. The third-order valence-electron chi connectivity index (χ3n) is 5.09. The first-order chi connectivity index (χ1) is 10.2. The van der Waals surface area contributed by atoms with Crippen molar-refractivity contribution in [1.82, 2.24) is 0 Å². The van der Waals surface area contributed by atoms with Crippen molar-refractivity contribution in [1.29, 1.82) is 0 Å². The van der Waals surface area contributed by atoms with Crippen molar-refractivity contribution in [2.75, 3.05) is 0 Å². The van der Waals surface area contributed by atoms with E-state index in [1.807, 2.05) is 13.0 Å². The van der Waals surface area contributed by atoms with Gasteiger partial charge in [0, 0.05) is 0 Å². The van der Waals surface area contributed by atoms with Crippen LogP contribution in [-0.4, -0.2) is 22.4 Å².